The number of aromatic amines is 1. The number of nitrogens with one attached hydrogen (secondary N) is 1. The van der Waals surface area contributed by atoms with Gasteiger partial charge in [-0.15, -0.1) is 11.3 Å². The molecule has 0 radical (unpaired) electrons. The van der Waals surface area contributed by atoms with E-state index in [4.69, 9.17) is 10.5 Å². The summed E-state index contributed by atoms with van der Waals surface area (Å²) in [5.41, 5.74) is 9.44. The highest BCUT2D eigenvalue weighted by atomic mass is 32.1. The number of amides is 1. The molecule has 0 saturated carbocycles. The van der Waals surface area contributed by atoms with E-state index in [0.29, 0.717) is 17.9 Å². The number of allylic oxidation sites excluding steroid dienone is 1. The highest BCUT2D eigenvalue weighted by molar-refractivity contribution is 7.18. The molecule has 0 aliphatic carbocycles. The number of thiophene rings is 1. The Hall–Kier alpha value is -3.12. The van der Waals surface area contributed by atoms with Crippen LogP contribution in [0.15, 0.2) is 53.7 Å². The number of hydrogen-bond donors (Lipinski definition) is 2. The molecule has 0 saturated heterocycles. The van der Waals surface area contributed by atoms with Crippen molar-refractivity contribution in [3.63, 3.8) is 0 Å². The van der Waals surface area contributed by atoms with Crippen LogP contribution >= 0.6 is 11.3 Å². The van der Waals surface area contributed by atoms with Gasteiger partial charge in [0.25, 0.3) is 5.91 Å². The summed E-state index contributed by atoms with van der Waals surface area (Å²) in [5, 5.41) is 0.825. The maximum Gasteiger partial charge on any atom is 0.259 e. The van der Waals surface area contributed by atoms with E-state index >= 15 is 0 Å². The smallest absolute Gasteiger partial charge is 0.259 e. The van der Waals surface area contributed by atoms with Gasteiger partial charge in [0.15, 0.2) is 0 Å². The van der Waals surface area contributed by atoms with Gasteiger partial charge in [0.2, 0.25) is 0 Å². The number of primary amides is 1. The fourth-order valence-electron chi connectivity index (χ4n) is 2.97. The van der Waals surface area contributed by atoms with Crippen LogP contribution in [0.25, 0.3) is 11.6 Å². The molecule has 3 N–H and O–H groups in total. The molecule has 130 valence electrons. The molecular formula is C20H17N3O2S. The van der Waals surface area contributed by atoms with Crippen LogP contribution in [-0.4, -0.2) is 23.7 Å². The predicted octanol–water partition coefficient (Wildman–Crippen LogP) is 4.05. The number of carbonyl (C=O) groups is 1. The lowest BCUT2D eigenvalue weighted by Gasteiger charge is -2.08. The Kier molecular flexibility index (Phi) is 4.41. The molecule has 3 heterocycles. The van der Waals surface area contributed by atoms with E-state index in [2.05, 4.69) is 9.98 Å². The van der Waals surface area contributed by atoms with Crippen molar-refractivity contribution in [2.75, 3.05) is 6.61 Å². The van der Waals surface area contributed by atoms with Crippen LogP contribution in [-0.2, 0) is 6.42 Å². The van der Waals surface area contributed by atoms with Crippen LogP contribution in [0.2, 0.25) is 0 Å². The van der Waals surface area contributed by atoms with Crippen molar-refractivity contribution in [1.29, 1.82) is 0 Å². The molecule has 6 heteroatoms. The summed E-state index contributed by atoms with van der Waals surface area (Å²) in [6, 6.07) is 13.5. The van der Waals surface area contributed by atoms with E-state index in [1.165, 1.54) is 11.3 Å². The van der Waals surface area contributed by atoms with Gasteiger partial charge in [-0.1, -0.05) is 18.2 Å². The number of nitrogens with zero attached hydrogens (tertiary/aromatic N) is 1. The molecule has 0 atom stereocenters. The van der Waals surface area contributed by atoms with Crippen molar-refractivity contribution < 1.29 is 9.53 Å². The SMILES string of the molecule is NC(=O)c1sc2c(c1CCOc1ccccc1)C(=Cc1ccc[nH]1)C=N2. The molecule has 0 bridgehead atoms. The third-order valence-electron chi connectivity index (χ3n) is 4.12. The van der Waals surface area contributed by atoms with Gasteiger partial charge in [0, 0.05) is 35.7 Å². The average Bonchev–Trinajstić information content (AvgIpc) is 3.35. The number of aromatic nitrogens is 1. The Morgan fingerprint density at radius 3 is 2.81 bits per heavy atom. The zero-order valence-corrected chi connectivity index (χ0v) is 14.8. The van der Waals surface area contributed by atoms with Gasteiger partial charge in [0.1, 0.15) is 10.8 Å². The van der Waals surface area contributed by atoms with Crippen LogP contribution < -0.4 is 10.5 Å². The second kappa shape index (κ2) is 7.01. The van der Waals surface area contributed by atoms with Gasteiger partial charge >= 0.3 is 0 Å². The molecule has 0 fully saturated rings. The molecule has 1 aliphatic heterocycles. The highest BCUT2D eigenvalue weighted by Crippen LogP contribution is 2.44. The van der Waals surface area contributed by atoms with E-state index in [1.807, 2.05) is 61.0 Å². The average molecular weight is 363 g/mol. The summed E-state index contributed by atoms with van der Waals surface area (Å²) < 4.78 is 5.80. The van der Waals surface area contributed by atoms with Crippen LogP contribution in [0.5, 0.6) is 5.75 Å². The minimum absolute atomic E-state index is 0.423. The lowest BCUT2D eigenvalue weighted by molar-refractivity contribution is 0.100. The molecule has 0 spiro atoms. The van der Waals surface area contributed by atoms with Crippen LogP contribution in [0, 0.1) is 0 Å². The Bertz CT molecular complexity index is 986. The molecule has 1 aromatic carbocycles. The number of hydrogen-bond acceptors (Lipinski definition) is 4. The van der Waals surface area contributed by atoms with Crippen LogP contribution in [0.3, 0.4) is 0 Å². The summed E-state index contributed by atoms with van der Waals surface area (Å²) in [6.45, 7) is 0.462. The first-order valence-corrected chi connectivity index (χ1v) is 9.07. The van der Waals surface area contributed by atoms with Gasteiger partial charge < -0.3 is 15.5 Å². The number of aliphatic imine (C=N–C) groups is 1. The Morgan fingerprint density at radius 2 is 2.08 bits per heavy atom. The van der Waals surface area contributed by atoms with Gasteiger partial charge in [-0.05, 0) is 35.9 Å². The minimum Gasteiger partial charge on any atom is -0.493 e. The maximum atomic E-state index is 11.9. The van der Waals surface area contributed by atoms with Crippen molar-refractivity contribution in [3.8, 4) is 5.75 Å². The Morgan fingerprint density at radius 1 is 1.23 bits per heavy atom. The number of benzene rings is 1. The first kappa shape index (κ1) is 16.4. The fraction of sp³-hybridized carbons (Fsp3) is 0.100. The third-order valence-corrected chi connectivity index (χ3v) is 5.27. The summed E-state index contributed by atoms with van der Waals surface area (Å²) in [7, 11) is 0. The fourth-order valence-corrected chi connectivity index (χ4v) is 4.04. The number of rotatable bonds is 6. The summed E-state index contributed by atoms with van der Waals surface area (Å²) in [4.78, 5) is 20.1. The number of nitrogens with two attached hydrogens (primary N) is 1. The molecule has 1 amide bonds. The standard InChI is InChI=1S/C20H17N3O2S/c21-19(24)18-16(8-10-25-15-6-2-1-3-7-15)17-13(12-23-20(17)26-18)11-14-5-4-9-22-14/h1-7,9,11-12,22H,8,10H2,(H2,21,24). The highest BCUT2D eigenvalue weighted by Gasteiger charge is 2.26. The van der Waals surface area contributed by atoms with Gasteiger partial charge in [0.05, 0.1) is 11.5 Å². The summed E-state index contributed by atoms with van der Waals surface area (Å²) >= 11 is 1.34. The number of ether oxygens (including phenoxy) is 1. The first-order chi connectivity index (χ1) is 12.7. The van der Waals surface area contributed by atoms with Crippen molar-refractivity contribution in [3.05, 3.63) is 70.4 Å². The lowest BCUT2D eigenvalue weighted by Crippen LogP contribution is -2.13. The van der Waals surface area contributed by atoms with E-state index in [1.54, 1.807) is 0 Å². The van der Waals surface area contributed by atoms with Gasteiger partial charge in [-0.2, -0.15) is 0 Å². The Labute approximate surface area is 154 Å². The molecule has 2 aromatic heterocycles. The van der Waals surface area contributed by atoms with E-state index in [9.17, 15) is 4.79 Å². The lowest BCUT2D eigenvalue weighted by atomic mass is 10.0. The number of H-pyrrole nitrogens is 1. The number of carbonyl (C=O) groups excluding carboxylic acids is 1. The zero-order valence-electron chi connectivity index (χ0n) is 13.9. The quantitative estimate of drug-likeness (QED) is 0.693. The van der Waals surface area contributed by atoms with Gasteiger partial charge in [-0.3, -0.25) is 4.79 Å². The summed E-state index contributed by atoms with van der Waals surface area (Å²) in [6.07, 6.45) is 6.31. The number of fused-ring (bicyclic) bond motifs is 1. The van der Waals surface area contributed by atoms with E-state index in [-0.39, 0.29) is 0 Å². The molecule has 4 rings (SSSR count). The van der Waals surface area contributed by atoms with Crippen LogP contribution in [0.1, 0.15) is 26.5 Å². The van der Waals surface area contributed by atoms with Crippen molar-refractivity contribution >= 4 is 40.1 Å². The molecular weight excluding hydrogens is 346 g/mol. The minimum atomic E-state index is -0.423. The molecule has 0 unspecified atom stereocenters. The van der Waals surface area contributed by atoms with E-state index < -0.39 is 5.91 Å². The Balaban J connectivity index is 1.62. The molecule has 3 aromatic rings. The summed E-state index contributed by atoms with van der Waals surface area (Å²) in [5.74, 6) is 0.381. The monoisotopic (exact) mass is 363 g/mol. The van der Waals surface area contributed by atoms with Gasteiger partial charge in [-0.25, -0.2) is 4.99 Å². The topological polar surface area (TPSA) is 80.5 Å². The largest absolute Gasteiger partial charge is 0.493 e. The second-order valence-corrected chi connectivity index (χ2v) is 6.85. The van der Waals surface area contributed by atoms with Crippen molar-refractivity contribution in [2.45, 2.75) is 6.42 Å². The molecule has 1 aliphatic rings. The van der Waals surface area contributed by atoms with Crippen molar-refractivity contribution in [1.82, 2.24) is 4.98 Å². The van der Waals surface area contributed by atoms with Crippen molar-refractivity contribution in [2.24, 2.45) is 10.7 Å². The molecule has 5 nitrogen and oxygen atoms in total. The first-order valence-electron chi connectivity index (χ1n) is 8.25. The second-order valence-electron chi connectivity index (χ2n) is 5.85. The van der Waals surface area contributed by atoms with E-state index in [0.717, 1.165) is 33.1 Å². The third kappa shape index (κ3) is 3.19. The maximum absolute atomic E-state index is 11.9. The predicted molar refractivity (Wildman–Crippen MR) is 105 cm³/mol. The number of para-hydroxylation sites is 1. The normalized spacial score (nSPS) is 13.9. The van der Waals surface area contributed by atoms with Crippen LogP contribution in [0.4, 0.5) is 5.00 Å². The zero-order chi connectivity index (χ0) is 17.9. The molecule has 26 heavy (non-hydrogen) atoms.